The van der Waals surface area contributed by atoms with E-state index < -0.39 is 18.3 Å². The summed E-state index contributed by atoms with van der Waals surface area (Å²) in [5.74, 6) is 0.563. The Kier molecular flexibility index (Phi) is 5.33. The van der Waals surface area contributed by atoms with Crippen LogP contribution in [-0.4, -0.2) is 82.1 Å². The van der Waals surface area contributed by atoms with Gasteiger partial charge in [-0.2, -0.15) is 11.3 Å². The molecule has 2 saturated heterocycles. The molecule has 3 N–H and O–H groups in total. The van der Waals surface area contributed by atoms with E-state index in [1.165, 1.54) is 11.3 Å². The van der Waals surface area contributed by atoms with E-state index >= 15 is 0 Å². The van der Waals surface area contributed by atoms with Gasteiger partial charge >= 0.3 is 0 Å². The first-order valence-corrected chi connectivity index (χ1v) is 9.07. The van der Waals surface area contributed by atoms with Crippen molar-refractivity contribution in [2.24, 2.45) is 5.92 Å². The molecule has 3 heterocycles. The predicted molar refractivity (Wildman–Crippen MR) is 87.4 cm³/mol. The Hall–Kier alpha value is -0.990. The van der Waals surface area contributed by atoms with Crippen LogP contribution in [0.5, 0.6) is 0 Å². The number of nitrogens with zero attached hydrogens (tertiary/aromatic N) is 2. The van der Waals surface area contributed by atoms with Crippen molar-refractivity contribution >= 4 is 17.2 Å². The topological polar surface area (TPSA) is 84.2 Å². The summed E-state index contributed by atoms with van der Waals surface area (Å²) in [6.07, 6.45) is -0.961. The molecule has 23 heavy (non-hydrogen) atoms. The lowest BCUT2D eigenvalue weighted by Crippen LogP contribution is -2.56. The molecule has 0 radical (unpaired) electrons. The number of carbonyl (C=O) groups excluding carboxylic acids is 1. The molecule has 2 fully saturated rings. The summed E-state index contributed by atoms with van der Waals surface area (Å²) in [6, 6.07) is 1.86. The number of likely N-dealkylation sites (tertiary alicyclic amines) is 2. The zero-order chi connectivity index (χ0) is 16.4. The van der Waals surface area contributed by atoms with E-state index in [9.17, 15) is 20.1 Å². The normalized spacial score (nSPS) is 30.6. The third-order valence-corrected chi connectivity index (χ3v) is 5.55. The number of aliphatic hydroxyl groups excluding tert-OH is 3. The maximum atomic E-state index is 12.3. The van der Waals surface area contributed by atoms with Crippen LogP contribution in [0.15, 0.2) is 16.8 Å². The third-order valence-electron chi connectivity index (χ3n) is 4.87. The molecule has 1 amide bonds. The monoisotopic (exact) mass is 340 g/mol. The van der Waals surface area contributed by atoms with Crippen LogP contribution < -0.4 is 0 Å². The Morgan fingerprint density at radius 1 is 1.17 bits per heavy atom. The van der Waals surface area contributed by atoms with Gasteiger partial charge in [0.25, 0.3) is 5.91 Å². The molecular formula is C16H24N2O4S. The van der Waals surface area contributed by atoms with E-state index in [4.69, 9.17) is 0 Å². The van der Waals surface area contributed by atoms with Gasteiger partial charge in [-0.15, -0.1) is 0 Å². The zero-order valence-electron chi connectivity index (χ0n) is 13.0. The van der Waals surface area contributed by atoms with Crippen molar-refractivity contribution in [2.45, 2.75) is 31.2 Å². The zero-order valence-corrected chi connectivity index (χ0v) is 13.9. The van der Waals surface area contributed by atoms with E-state index in [0.717, 1.165) is 38.0 Å². The van der Waals surface area contributed by atoms with Crippen LogP contribution in [0.1, 0.15) is 23.2 Å². The summed E-state index contributed by atoms with van der Waals surface area (Å²) in [5.41, 5.74) is 0.768. The van der Waals surface area contributed by atoms with Gasteiger partial charge in [-0.25, -0.2) is 0 Å². The molecule has 1 aromatic heterocycles. The van der Waals surface area contributed by atoms with Crippen LogP contribution in [0.3, 0.4) is 0 Å². The molecule has 7 heteroatoms. The summed E-state index contributed by atoms with van der Waals surface area (Å²) < 4.78 is 0. The van der Waals surface area contributed by atoms with Crippen molar-refractivity contribution in [1.29, 1.82) is 0 Å². The van der Waals surface area contributed by atoms with Crippen molar-refractivity contribution in [2.75, 3.05) is 32.7 Å². The second kappa shape index (κ2) is 7.27. The molecule has 0 aliphatic carbocycles. The van der Waals surface area contributed by atoms with Crippen molar-refractivity contribution in [3.8, 4) is 0 Å². The number of piperidine rings is 2. The Labute approximate surface area is 140 Å². The molecular weight excluding hydrogens is 316 g/mol. The lowest BCUT2D eigenvalue weighted by molar-refractivity contribution is -0.112. The van der Waals surface area contributed by atoms with E-state index in [2.05, 4.69) is 0 Å². The van der Waals surface area contributed by atoms with Crippen molar-refractivity contribution in [3.05, 3.63) is 22.4 Å². The second-order valence-corrected chi connectivity index (χ2v) is 7.37. The largest absolute Gasteiger partial charge is 0.389 e. The van der Waals surface area contributed by atoms with Crippen LogP contribution in [0, 0.1) is 5.92 Å². The number of carbonyl (C=O) groups is 1. The Balaban J connectivity index is 1.47. The van der Waals surface area contributed by atoms with Crippen LogP contribution in [-0.2, 0) is 0 Å². The van der Waals surface area contributed by atoms with Crippen LogP contribution in [0.2, 0.25) is 0 Å². The van der Waals surface area contributed by atoms with Crippen LogP contribution in [0.25, 0.3) is 0 Å². The van der Waals surface area contributed by atoms with E-state index in [0.29, 0.717) is 19.0 Å². The van der Waals surface area contributed by atoms with Gasteiger partial charge in [-0.1, -0.05) is 0 Å². The molecule has 0 aromatic carbocycles. The van der Waals surface area contributed by atoms with Gasteiger partial charge < -0.3 is 20.2 Å². The molecule has 6 nitrogen and oxygen atoms in total. The maximum absolute atomic E-state index is 12.3. The summed E-state index contributed by atoms with van der Waals surface area (Å²) >= 11 is 1.53. The number of amides is 1. The lowest BCUT2D eigenvalue weighted by atomic mass is 9.94. The minimum Gasteiger partial charge on any atom is -0.389 e. The highest BCUT2D eigenvalue weighted by Gasteiger charge is 2.34. The molecule has 2 aliphatic heterocycles. The van der Waals surface area contributed by atoms with Gasteiger partial charge in [0.1, 0.15) is 6.10 Å². The average molecular weight is 340 g/mol. The van der Waals surface area contributed by atoms with Gasteiger partial charge in [0.15, 0.2) is 0 Å². The van der Waals surface area contributed by atoms with Gasteiger partial charge in [0.05, 0.1) is 17.8 Å². The molecule has 2 aliphatic rings. The number of aliphatic hydroxyl groups is 3. The Morgan fingerprint density at radius 3 is 2.39 bits per heavy atom. The Morgan fingerprint density at radius 2 is 1.83 bits per heavy atom. The summed E-state index contributed by atoms with van der Waals surface area (Å²) in [6.45, 7) is 3.09. The standard InChI is InChI=1S/C16H24N2O4S/c19-13-8-17(9-14(20)15(13)21)7-11-1-4-18(5-2-11)16(22)12-3-6-23-10-12/h3,6,10-11,13-15,19-21H,1-2,4-5,7-9H2/t13-,14+,15?. The second-order valence-electron chi connectivity index (χ2n) is 6.59. The number of rotatable bonds is 3. The summed E-state index contributed by atoms with van der Waals surface area (Å²) in [5, 5.41) is 32.9. The van der Waals surface area contributed by atoms with Crippen molar-refractivity contribution in [3.63, 3.8) is 0 Å². The van der Waals surface area contributed by atoms with Crippen LogP contribution >= 0.6 is 11.3 Å². The molecule has 0 bridgehead atoms. The Bertz CT molecular complexity index is 504. The third kappa shape index (κ3) is 3.92. The summed E-state index contributed by atoms with van der Waals surface area (Å²) in [4.78, 5) is 16.2. The quantitative estimate of drug-likeness (QED) is 0.721. The first-order valence-electron chi connectivity index (χ1n) is 8.12. The number of thiophene rings is 1. The fourth-order valence-electron chi connectivity index (χ4n) is 3.48. The fourth-order valence-corrected chi connectivity index (χ4v) is 4.11. The molecule has 128 valence electrons. The molecule has 0 spiro atoms. The fraction of sp³-hybridized carbons (Fsp3) is 0.688. The van der Waals surface area contributed by atoms with Gasteiger partial charge in [-0.3, -0.25) is 9.69 Å². The minimum absolute atomic E-state index is 0.108. The predicted octanol–water partition coefficient (Wildman–Crippen LogP) is -0.00140. The van der Waals surface area contributed by atoms with E-state index in [1.54, 1.807) is 0 Å². The maximum Gasteiger partial charge on any atom is 0.254 e. The van der Waals surface area contributed by atoms with Crippen LogP contribution in [0.4, 0.5) is 0 Å². The molecule has 3 atom stereocenters. The number of hydrogen-bond acceptors (Lipinski definition) is 6. The van der Waals surface area contributed by atoms with Crippen molar-refractivity contribution in [1.82, 2.24) is 9.80 Å². The summed E-state index contributed by atoms with van der Waals surface area (Å²) in [7, 11) is 0. The van der Waals surface area contributed by atoms with Gasteiger partial charge in [0, 0.05) is 38.1 Å². The van der Waals surface area contributed by atoms with Gasteiger partial charge in [0.2, 0.25) is 0 Å². The van der Waals surface area contributed by atoms with Gasteiger partial charge in [-0.05, 0) is 30.2 Å². The minimum atomic E-state index is -1.05. The highest BCUT2D eigenvalue weighted by Crippen LogP contribution is 2.22. The average Bonchev–Trinajstić information content (AvgIpc) is 3.07. The lowest BCUT2D eigenvalue weighted by Gasteiger charge is -2.40. The molecule has 0 saturated carbocycles. The first kappa shape index (κ1) is 16.9. The molecule has 1 aromatic rings. The van der Waals surface area contributed by atoms with Crippen molar-refractivity contribution < 1.29 is 20.1 Å². The highest BCUT2D eigenvalue weighted by atomic mass is 32.1. The molecule has 1 unspecified atom stereocenters. The number of β-amino-alcohol motifs (C(OH)–C–C–N with tert-alkyl or cyclic N) is 2. The highest BCUT2D eigenvalue weighted by molar-refractivity contribution is 7.08. The smallest absolute Gasteiger partial charge is 0.254 e. The first-order chi connectivity index (χ1) is 11.0. The molecule has 3 rings (SSSR count). The SMILES string of the molecule is O=C(c1ccsc1)N1CCC(CN2C[C@@H](O)C(O)[C@@H](O)C2)CC1. The number of hydrogen-bond donors (Lipinski definition) is 3. The van der Waals surface area contributed by atoms with E-state index in [-0.39, 0.29) is 5.91 Å². The van der Waals surface area contributed by atoms with E-state index in [1.807, 2.05) is 26.6 Å².